The van der Waals surface area contributed by atoms with Crippen LogP contribution in [0.5, 0.6) is 0 Å². The molecule has 0 atom stereocenters. The summed E-state index contributed by atoms with van der Waals surface area (Å²) in [5.41, 5.74) is 3.00. The quantitative estimate of drug-likeness (QED) is 0.387. The average molecular weight is 494 g/mol. The van der Waals surface area contributed by atoms with Gasteiger partial charge in [-0.25, -0.2) is 13.4 Å². The minimum absolute atomic E-state index is 0.0307. The number of carbonyl (C=O) groups is 1. The third kappa shape index (κ3) is 4.60. The monoisotopic (exact) mass is 493 g/mol. The largest absolute Gasteiger partial charge is 0.379 e. The van der Waals surface area contributed by atoms with E-state index in [0.29, 0.717) is 31.9 Å². The highest BCUT2D eigenvalue weighted by Crippen LogP contribution is 2.34. The van der Waals surface area contributed by atoms with Crippen molar-refractivity contribution in [3.05, 3.63) is 78.4 Å². The van der Waals surface area contributed by atoms with Crippen molar-refractivity contribution in [1.82, 2.24) is 9.29 Å². The van der Waals surface area contributed by atoms with Gasteiger partial charge in [-0.15, -0.1) is 11.3 Å². The number of nitrogens with one attached hydrogen (secondary N) is 1. The molecule has 0 aliphatic carbocycles. The molecule has 0 amide bonds. The smallest absolute Gasteiger partial charge is 0.243 e. The molecule has 1 aromatic heterocycles. The van der Waals surface area contributed by atoms with E-state index in [1.807, 2.05) is 48.5 Å². The number of sulfonamides is 1. The highest BCUT2D eigenvalue weighted by molar-refractivity contribution is 7.89. The second kappa shape index (κ2) is 9.63. The Morgan fingerprint density at radius 1 is 1.00 bits per heavy atom. The van der Waals surface area contributed by atoms with Gasteiger partial charge in [0.1, 0.15) is 5.01 Å². The molecule has 1 aliphatic rings. The lowest BCUT2D eigenvalue weighted by molar-refractivity contribution is 0.0730. The summed E-state index contributed by atoms with van der Waals surface area (Å²) >= 11 is 1.60. The second-order valence-electron chi connectivity index (χ2n) is 7.85. The van der Waals surface area contributed by atoms with E-state index in [1.165, 1.54) is 16.4 Å². The van der Waals surface area contributed by atoms with E-state index in [-0.39, 0.29) is 17.2 Å². The molecule has 5 rings (SSSR count). The zero-order valence-electron chi connectivity index (χ0n) is 18.3. The lowest BCUT2D eigenvalue weighted by Crippen LogP contribution is -2.40. The zero-order chi connectivity index (χ0) is 23.5. The number of rotatable bonds is 7. The van der Waals surface area contributed by atoms with E-state index in [2.05, 4.69) is 5.32 Å². The van der Waals surface area contributed by atoms with Gasteiger partial charge in [0.15, 0.2) is 5.78 Å². The van der Waals surface area contributed by atoms with Gasteiger partial charge in [0.05, 0.1) is 34.9 Å². The lowest BCUT2D eigenvalue weighted by atomic mass is 10.1. The number of ether oxygens (including phenoxy) is 1. The number of hydrogen-bond donors (Lipinski definition) is 1. The van der Waals surface area contributed by atoms with Crippen LogP contribution in [-0.4, -0.2) is 56.3 Å². The number of morpholine rings is 1. The fourth-order valence-electron chi connectivity index (χ4n) is 3.85. The van der Waals surface area contributed by atoms with Gasteiger partial charge in [-0.1, -0.05) is 36.4 Å². The van der Waals surface area contributed by atoms with Crippen LogP contribution in [0, 0.1) is 0 Å². The van der Waals surface area contributed by atoms with E-state index in [0.717, 1.165) is 26.5 Å². The summed E-state index contributed by atoms with van der Waals surface area (Å²) in [6, 6.07) is 21.9. The molecular formula is C25H23N3O4S2. The predicted molar refractivity (Wildman–Crippen MR) is 134 cm³/mol. The van der Waals surface area contributed by atoms with Crippen LogP contribution in [-0.2, 0) is 14.8 Å². The maximum Gasteiger partial charge on any atom is 0.243 e. The van der Waals surface area contributed by atoms with Gasteiger partial charge in [0, 0.05) is 29.9 Å². The molecule has 0 bridgehead atoms. The van der Waals surface area contributed by atoms with Crippen LogP contribution in [0.1, 0.15) is 10.4 Å². The van der Waals surface area contributed by atoms with Gasteiger partial charge < -0.3 is 10.1 Å². The molecule has 1 saturated heterocycles. The van der Waals surface area contributed by atoms with Gasteiger partial charge in [0.2, 0.25) is 10.0 Å². The first-order chi connectivity index (χ1) is 16.5. The SMILES string of the molecule is O=C(CNc1ccccc1-c1nc2ccccc2s1)c1cccc(S(=O)(=O)N2CCOCC2)c1. The predicted octanol–water partition coefficient (Wildman–Crippen LogP) is 4.28. The first-order valence-corrected chi connectivity index (χ1v) is 13.2. The van der Waals surface area contributed by atoms with Crippen molar-refractivity contribution in [3.8, 4) is 10.6 Å². The number of carbonyl (C=O) groups excluding carboxylic acids is 1. The Kier molecular flexibility index (Phi) is 6.42. The highest BCUT2D eigenvalue weighted by Gasteiger charge is 2.26. The number of Topliss-reactive ketones (excluding diaryl/α,β-unsaturated/α-hetero) is 1. The van der Waals surface area contributed by atoms with Crippen molar-refractivity contribution >= 4 is 43.0 Å². The number of aromatic nitrogens is 1. The van der Waals surface area contributed by atoms with E-state index in [9.17, 15) is 13.2 Å². The van der Waals surface area contributed by atoms with E-state index in [1.54, 1.807) is 23.5 Å². The Labute approximate surface area is 202 Å². The number of hydrogen-bond acceptors (Lipinski definition) is 7. The van der Waals surface area contributed by atoms with Gasteiger partial charge in [-0.3, -0.25) is 4.79 Å². The third-order valence-corrected chi connectivity index (χ3v) is 8.62. The molecule has 1 N–H and O–H groups in total. The molecular weight excluding hydrogens is 470 g/mol. The fraction of sp³-hybridized carbons (Fsp3) is 0.200. The second-order valence-corrected chi connectivity index (χ2v) is 10.8. The number of anilines is 1. The molecule has 4 aromatic rings. The summed E-state index contributed by atoms with van der Waals surface area (Å²) in [4.78, 5) is 17.8. The van der Waals surface area contributed by atoms with Crippen LogP contribution in [0.3, 0.4) is 0 Å². The molecule has 1 aliphatic heterocycles. The summed E-state index contributed by atoms with van der Waals surface area (Å²) in [6.45, 7) is 1.39. The Balaban J connectivity index is 1.34. The molecule has 34 heavy (non-hydrogen) atoms. The maximum absolute atomic E-state index is 13.0. The molecule has 9 heteroatoms. The molecule has 0 unspecified atom stereocenters. The third-order valence-electron chi connectivity index (χ3n) is 5.65. The number of fused-ring (bicyclic) bond motifs is 1. The number of para-hydroxylation sites is 2. The summed E-state index contributed by atoms with van der Waals surface area (Å²) < 4.78 is 33.7. The number of thiazole rings is 1. The normalized spacial score (nSPS) is 14.8. The maximum atomic E-state index is 13.0. The number of nitrogens with zero attached hydrogens (tertiary/aromatic N) is 2. The van der Waals surface area contributed by atoms with Crippen molar-refractivity contribution in [2.24, 2.45) is 0 Å². The standard InChI is InChI=1S/C25H23N3O4S2/c29-23(18-6-5-7-19(16-18)34(30,31)28-12-14-32-15-13-28)17-26-21-9-2-1-8-20(21)25-27-22-10-3-4-11-24(22)33-25/h1-11,16,26H,12-15,17H2. The Bertz CT molecular complexity index is 1410. The van der Waals surface area contributed by atoms with Crippen LogP contribution in [0.2, 0.25) is 0 Å². The van der Waals surface area contributed by atoms with E-state index in [4.69, 9.17) is 9.72 Å². The van der Waals surface area contributed by atoms with Crippen molar-refractivity contribution in [1.29, 1.82) is 0 Å². The molecule has 2 heterocycles. The average Bonchev–Trinajstić information content (AvgIpc) is 3.32. The van der Waals surface area contributed by atoms with E-state index < -0.39 is 10.0 Å². The number of ketones is 1. The minimum atomic E-state index is -3.67. The van der Waals surface area contributed by atoms with Crippen molar-refractivity contribution in [3.63, 3.8) is 0 Å². The molecule has 0 saturated carbocycles. The number of benzene rings is 3. The Morgan fingerprint density at radius 3 is 2.59 bits per heavy atom. The first-order valence-electron chi connectivity index (χ1n) is 10.9. The van der Waals surface area contributed by atoms with Crippen LogP contribution in [0.4, 0.5) is 5.69 Å². The molecule has 0 spiro atoms. The van der Waals surface area contributed by atoms with Gasteiger partial charge in [-0.2, -0.15) is 4.31 Å². The van der Waals surface area contributed by atoms with Crippen molar-refractivity contribution in [2.45, 2.75) is 4.90 Å². The molecule has 1 fully saturated rings. The highest BCUT2D eigenvalue weighted by atomic mass is 32.2. The van der Waals surface area contributed by atoms with Crippen molar-refractivity contribution < 1.29 is 17.9 Å². The van der Waals surface area contributed by atoms with Crippen LogP contribution in [0.25, 0.3) is 20.8 Å². The van der Waals surface area contributed by atoms with Gasteiger partial charge in [-0.05, 0) is 36.4 Å². The molecule has 3 aromatic carbocycles. The molecule has 0 radical (unpaired) electrons. The lowest BCUT2D eigenvalue weighted by Gasteiger charge is -2.26. The van der Waals surface area contributed by atoms with Crippen LogP contribution in [0.15, 0.2) is 77.7 Å². The van der Waals surface area contributed by atoms with Gasteiger partial charge in [0.25, 0.3) is 0 Å². The summed E-state index contributed by atoms with van der Waals surface area (Å²) in [5.74, 6) is -0.196. The van der Waals surface area contributed by atoms with Crippen LogP contribution < -0.4 is 5.32 Å². The summed E-state index contributed by atoms with van der Waals surface area (Å²) in [5, 5.41) is 4.09. The zero-order valence-corrected chi connectivity index (χ0v) is 19.9. The first kappa shape index (κ1) is 22.7. The minimum Gasteiger partial charge on any atom is -0.379 e. The Morgan fingerprint density at radius 2 is 1.76 bits per heavy atom. The van der Waals surface area contributed by atoms with Crippen molar-refractivity contribution in [2.75, 3.05) is 38.2 Å². The summed E-state index contributed by atoms with van der Waals surface area (Å²) in [7, 11) is -3.67. The summed E-state index contributed by atoms with van der Waals surface area (Å²) in [6.07, 6.45) is 0. The van der Waals surface area contributed by atoms with E-state index >= 15 is 0 Å². The topological polar surface area (TPSA) is 88.6 Å². The van der Waals surface area contributed by atoms with Gasteiger partial charge >= 0.3 is 0 Å². The fourth-order valence-corrected chi connectivity index (χ4v) is 6.31. The Hall–Kier alpha value is -3.11. The molecule has 7 nitrogen and oxygen atoms in total. The van der Waals surface area contributed by atoms with Crippen LogP contribution >= 0.6 is 11.3 Å². The molecule has 174 valence electrons.